The molecule has 0 unspecified atom stereocenters. The first-order valence-corrected chi connectivity index (χ1v) is 12.0. The summed E-state index contributed by atoms with van der Waals surface area (Å²) in [7, 11) is 3.07. The normalized spacial score (nSPS) is 10.9. The average molecular weight is 541 g/mol. The smallest absolute Gasteiger partial charge is 0.262 e. The highest BCUT2D eigenvalue weighted by Crippen LogP contribution is 2.38. The summed E-state index contributed by atoms with van der Waals surface area (Å²) >= 11 is 12.6. The number of nitriles is 1. The van der Waals surface area contributed by atoms with Crippen molar-refractivity contribution >= 4 is 46.4 Å². The highest BCUT2D eigenvalue weighted by atomic mass is 35.5. The van der Waals surface area contributed by atoms with Crippen LogP contribution in [-0.4, -0.2) is 33.3 Å². The van der Waals surface area contributed by atoms with E-state index in [1.807, 2.05) is 19.9 Å². The zero-order valence-corrected chi connectivity index (χ0v) is 22.4. The molecule has 0 radical (unpaired) electrons. The van der Waals surface area contributed by atoms with Gasteiger partial charge in [-0.1, -0.05) is 29.3 Å². The van der Waals surface area contributed by atoms with Crippen LogP contribution in [0.1, 0.15) is 23.6 Å². The molecule has 0 aliphatic heterocycles. The Balaban J connectivity index is 1.84. The number of rotatable bonds is 10. The highest BCUT2D eigenvalue weighted by Gasteiger charge is 2.16. The molecule has 3 rings (SSSR count). The van der Waals surface area contributed by atoms with Crippen molar-refractivity contribution in [2.75, 3.05) is 32.8 Å². The van der Waals surface area contributed by atoms with Crippen LogP contribution < -0.4 is 24.3 Å². The number of halogens is 2. The molecule has 3 aromatic carbocycles. The standard InChI is InChI=1S/C28H26Cl2N2O5/c1-5-36-26-12-18(10-20(15-31)19-7-9-24(34-3)25(13-19)35-4)11-23(30)28(26)37-16-27(33)32-21-8-6-17(2)22(29)14-21/h6-14H,5,16H2,1-4H3,(H,32,33)/b20-10+. The van der Waals surface area contributed by atoms with Crippen molar-refractivity contribution in [3.8, 4) is 29.1 Å². The summed E-state index contributed by atoms with van der Waals surface area (Å²) in [5.74, 6) is 1.24. The minimum absolute atomic E-state index is 0.224. The lowest BCUT2D eigenvalue weighted by Gasteiger charge is -2.15. The molecule has 0 aliphatic carbocycles. The second-order valence-corrected chi connectivity index (χ2v) is 8.62. The Morgan fingerprint density at radius 2 is 1.73 bits per heavy atom. The van der Waals surface area contributed by atoms with Crippen LogP contribution in [0.5, 0.6) is 23.0 Å². The first-order valence-electron chi connectivity index (χ1n) is 11.3. The van der Waals surface area contributed by atoms with Crippen molar-refractivity contribution in [2.24, 2.45) is 0 Å². The lowest BCUT2D eigenvalue weighted by atomic mass is 10.0. The number of amides is 1. The Kier molecular flexibility index (Phi) is 9.67. The van der Waals surface area contributed by atoms with Gasteiger partial charge in [0.15, 0.2) is 29.6 Å². The van der Waals surface area contributed by atoms with Gasteiger partial charge < -0.3 is 24.3 Å². The Labute approximate surface area is 226 Å². The fourth-order valence-corrected chi connectivity index (χ4v) is 3.88. The Bertz CT molecular complexity index is 1370. The highest BCUT2D eigenvalue weighted by molar-refractivity contribution is 6.32. The number of methoxy groups -OCH3 is 2. The number of allylic oxidation sites excluding steroid dienone is 1. The van der Waals surface area contributed by atoms with Gasteiger partial charge in [0.05, 0.1) is 37.5 Å². The maximum absolute atomic E-state index is 12.4. The molecule has 0 spiro atoms. The Morgan fingerprint density at radius 3 is 2.38 bits per heavy atom. The first kappa shape index (κ1) is 27.7. The fourth-order valence-electron chi connectivity index (χ4n) is 3.43. The van der Waals surface area contributed by atoms with E-state index in [9.17, 15) is 10.1 Å². The molecule has 0 aromatic heterocycles. The second kappa shape index (κ2) is 12.9. The molecule has 37 heavy (non-hydrogen) atoms. The van der Waals surface area contributed by atoms with Crippen LogP contribution in [0.2, 0.25) is 10.0 Å². The van der Waals surface area contributed by atoms with Crippen LogP contribution in [0.4, 0.5) is 5.69 Å². The summed E-state index contributed by atoms with van der Waals surface area (Å²) in [5, 5.41) is 13.3. The first-order chi connectivity index (χ1) is 17.8. The summed E-state index contributed by atoms with van der Waals surface area (Å²) in [6, 6.07) is 16.0. The fraction of sp³-hybridized carbons (Fsp3) is 0.214. The molecular weight excluding hydrogens is 515 g/mol. The predicted molar refractivity (Wildman–Crippen MR) is 146 cm³/mol. The number of nitrogens with zero attached hydrogens (tertiary/aromatic N) is 1. The topological polar surface area (TPSA) is 89.8 Å². The predicted octanol–water partition coefficient (Wildman–Crippen LogP) is 6.80. The van der Waals surface area contributed by atoms with E-state index in [1.165, 1.54) is 7.11 Å². The quantitative estimate of drug-likeness (QED) is 0.224. The zero-order valence-electron chi connectivity index (χ0n) is 20.9. The van der Waals surface area contributed by atoms with Gasteiger partial charge in [-0.05, 0) is 79.1 Å². The lowest BCUT2D eigenvalue weighted by molar-refractivity contribution is -0.118. The summed E-state index contributed by atoms with van der Waals surface area (Å²) in [5.41, 5.74) is 3.10. The third-order valence-electron chi connectivity index (χ3n) is 5.26. The van der Waals surface area contributed by atoms with Crippen molar-refractivity contribution in [1.29, 1.82) is 5.26 Å². The molecule has 0 aliphatic rings. The molecule has 0 bridgehead atoms. The van der Waals surface area contributed by atoms with Gasteiger partial charge in [0.25, 0.3) is 5.91 Å². The number of ether oxygens (including phenoxy) is 4. The third-order valence-corrected chi connectivity index (χ3v) is 5.95. The molecule has 0 saturated carbocycles. The number of hydrogen-bond acceptors (Lipinski definition) is 6. The maximum atomic E-state index is 12.4. The largest absolute Gasteiger partial charge is 0.493 e. The summed E-state index contributed by atoms with van der Waals surface area (Å²) in [6.45, 7) is 3.74. The van der Waals surface area contributed by atoms with Crippen molar-refractivity contribution in [3.63, 3.8) is 0 Å². The van der Waals surface area contributed by atoms with Gasteiger partial charge in [0.2, 0.25) is 0 Å². The monoisotopic (exact) mass is 540 g/mol. The van der Waals surface area contributed by atoms with Crippen LogP contribution in [0.15, 0.2) is 48.5 Å². The molecule has 192 valence electrons. The van der Waals surface area contributed by atoms with Crippen LogP contribution in [-0.2, 0) is 4.79 Å². The van der Waals surface area contributed by atoms with Crippen LogP contribution in [0.25, 0.3) is 11.6 Å². The summed E-state index contributed by atoms with van der Waals surface area (Å²) < 4.78 is 22.0. The van der Waals surface area contributed by atoms with Crippen molar-refractivity contribution in [2.45, 2.75) is 13.8 Å². The van der Waals surface area contributed by atoms with E-state index in [0.29, 0.717) is 51.3 Å². The molecule has 0 saturated heterocycles. The Hall–Kier alpha value is -3.86. The van der Waals surface area contributed by atoms with Gasteiger partial charge in [-0.3, -0.25) is 4.79 Å². The number of benzene rings is 3. The van der Waals surface area contributed by atoms with Crippen molar-refractivity contribution in [1.82, 2.24) is 0 Å². The zero-order chi connectivity index (χ0) is 26.9. The molecule has 1 N–H and O–H groups in total. The number of aryl methyl sites for hydroxylation is 1. The van der Waals surface area contributed by atoms with Gasteiger partial charge >= 0.3 is 0 Å². The van der Waals surface area contributed by atoms with Gasteiger partial charge in [0, 0.05) is 10.7 Å². The molecule has 7 nitrogen and oxygen atoms in total. The van der Waals surface area contributed by atoms with Gasteiger partial charge in [-0.15, -0.1) is 0 Å². The third kappa shape index (κ3) is 7.10. The van der Waals surface area contributed by atoms with E-state index in [-0.39, 0.29) is 23.3 Å². The molecule has 0 atom stereocenters. The second-order valence-electron chi connectivity index (χ2n) is 7.80. The lowest BCUT2D eigenvalue weighted by Crippen LogP contribution is -2.20. The van der Waals surface area contributed by atoms with E-state index < -0.39 is 0 Å². The van der Waals surface area contributed by atoms with E-state index in [4.69, 9.17) is 42.1 Å². The number of anilines is 1. The minimum Gasteiger partial charge on any atom is -0.493 e. The molecule has 1 amide bonds. The van der Waals surface area contributed by atoms with Gasteiger partial charge in [0.1, 0.15) is 0 Å². The molecule has 3 aromatic rings. The number of carbonyl (C=O) groups is 1. The number of hydrogen-bond donors (Lipinski definition) is 1. The summed E-state index contributed by atoms with van der Waals surface area (Å²) in [6.07, 6.45) is 1.67. The molecule has 0 heterocycles. The van der Waals surface area contributed by atoms with Crippen LogP contribution >= 0.6 is 23.2 Å². The van der Waals surface area contributed by atoms with Crippen molar-refractivity contribution < 1.29 is 23.7 Å². The van der Waals surface area contributed by atoms with E-state index in [1.54, 1.807) is 55.7 Å². The van der Waals surface area contributed by atoms with Gasteiger partial charge in [-0.25, -0.2) is 0 Å². The SMILES string of the molecule is CCOc1cc(/C=C(\C#N)c2ccc(OC)c(OC)c2)cc(Cl)c1OCC(=O)Nc1ccc(C)c(Cl)c1. The average Bonchev–Trinajstić information content (AvgIpc) is 2.88. The summed E-state index contributed by atoms with van der Waals surface area (Å²) in [4.78, 5) is 12.4. The van der Waals surface area contributed by atoms with E-state index in [0.717, 1.165) is 5.56 Å². The van der Waals surface area contributed by atoms with Crippen LogP contribution in [0, 0.1) is 18.3 Å². The molecule has 9 heteroatoms. The number of carbonyl (C=O) groups excluding carboxylic acids is 1. The van der Waals surface area contributed by atoms with Gasteiger partial charge in [-0.2, -0.15) is 5.26 Å². The number of nitrogens with one attached hydrogen (secondary N) is 1. The van der Waals surface area contributed by atoms with E-state index >= 15 is 0 Å². The molecule has 0 fully saturated rings. The van der Waals surface area contributed by atoms with Crippen molar-refractivity contribution in [3.05, 3.63) is 75.3 Å². The maximum Gasteiger partial charge on any atom is 0.262 e. The Morgan fingerprint density at radius 1 is 0.973 bits per heavy atom. The van der Waals surface area contributed by atoms with Crippen LogP contribution in [0.3, 0.4) is 0 Å². The minimum atomic E-state index is -0.386. The molecular formula is C28H26Cl2N2O5. The van der Waals surface area contributed by atoms with E-state index in [2.05, 4.69) is 11.4 Å².